The van der Waals surface area contributed by atoms with E-state index in [1.807, 2.05) is 0 Å². The lowest BCUT2D eigenvalue weighted by molar-refractivity contribution is -0.332. The van der Waals surface area contributed by atoms with E-state index >= 15 is 0 Å². The minimum absolute atomic E-state index is 0.0641. The van der Waals surface area contributed by atoms with Gasteiger partial charge in [0, 0.05) is 13.0 Å². The van der Waals surface area contributed by atoms with Gasteiger partial charge >= 0.3 is 5.97 Å². The van der Waals surface area contributed by atoms with Gasteiger partial charge < -0.3 is 64.2 Å². The van der Waals surface area contributed by atoms with Crippen molar-refractivity contribution in [3.63, 3.8) is 0 Å². The molecule has 7 N–H and O–H groups in total. The van der Waals surface area contributed by atoms with E-state index in [1.165, 1.54) is 180 Å². The van der Waals surface area contributed by atoms with Crippen LogP contribution in [-0.4, -0.2) is 142 Å². The molecule has 2 saturated heterocycles. The molecule has 0 radical (unpaired) electrons. The van der Waals surface area contributed by atoms with Crippen LogP contribution in [0.2, 0.25) is 0 Å². The van der Waals surface area contributed by atoms with E-state index in [1.54, 1.807) is 0 Å². The standard InChI is InChI=1S/C60H112O14/c1-3-5-7-9-11-13-15-17-19-21-23-25-27-29-31-33-35-37-39-41-43-52(62)72-49(46-69-44-42-40-38-36-34-32-30-28-26-24-22-20-18-16-14-12-10-8-6-4-2)47-70-59-58(68)56(66)54(64)51(74-59)48-71-60-57(67)55(65)53(63)50(45-61)73-60/h12,14,18,20,49-51,53-61,63-68H,3-11,13,15-17,19,21-48H2,1-2H3/b14-12-,20-18-. The molecule has 0 aromatic carbocycles. The third-order valence-corrected chi connectivity index (χ3v) is 14.7. The second-order valence-electron chi connectivity index (χ2n) is 21.5. The molecule has 0 spiro atoms. The van der Waals surface area contributed by atoms with Gasteiger partial charge in [-0.2, -0.15) is 0 Å². The van der Waals surface area contributed by atoms with Crippen molar-refractivity contribution in [2.45, 2.75) is 319 Å². The molecule has 2 aliphatic rings. The molecule has 11 atom stereocenters. The second-order valence-corrected chi connectivity index (χ2v) is 21.5. The lowest BCUT2D eigenvalue weighted by Crippen LogP contribution is -2.61. The molecule has 14 heteroatoms. The van der Waals surface area contributed by atoms with E-state index in [9.17, 15) is 40.5 Å². The molecule has 2 aliphatic heterocycles. The molecule has 14 nitrogen and oxygen atoms in total. The van der Waals surface area contributed by atoms with Crippen LogP contribution in [0.25, 0.3) is 0 Å². The fourth-order valence-electron chi connectivity index (χ4n) is 9.79. The summed E-state index contributed by atoms with van der Waals surface area (Å²) in [5, 5.41) is 72.4. The molecule has 2 rings (SSSR count). The van der Waals surface area contributed by atoms with Crippen LogP contribution in [0.5, 0.6) is 0 Å². The van der Waals surface area contributed by atoms with Crippen LogP contribution in [0, 0.1) is 0 Å². The minimum atomic E-state index is -1.70. The van der Waals surface area contributed by atoms with Crippen LogP contribution in [0.15, 0.2) is 24.3 Å². The molecule has 0 amide bonds. The number of ether oxygens (including phenoxy) is 6. The molecule has 0 bridgehead atoms. The van der Waals surface area contributed by atoms with Gasteiger partial charge in [-0.15, -0.1) is 0 Å². The molecular formula is C60H112O14. The van der Waals surface area contributed by atoms with Crippen LogP contribution in [0.4, 0.5) is 0 Å². The van der Waals surface area contributed by atoms with Crippen molar-refractivity contribution in [1.82, 2.24) is 0 Å². The summed E-state index contributed by atoms with van der Waals surface area (Å²) in [5.74, 6) is -0.371. The summed E-state index contributed by atoms with van der Waals surface area (Å²) in [7, 11) is 0. The Bertz CT molecular complexity index is 1320. The van der Waals surface area contributed by atoms with Crippen molar-refractivity contribution in [2.75, 3.05) is 33.0 Å². The first kappa shape index (κ1) is 68.6. The zero-order valence-corrected chi connectivity index (χ0v) is 46.8. The van der Waals surface area contributed by atoms with Gasteiger partial charge in [-0.1, -0.05) is 224 Å². The first-order valence-electron chi connectivity index (χ1n) is 30.4. The van der Waals surface area contributed by atoms with E-state index < -0.39 is 80.7 Å². The van der Waals surface area contributed by atoms with Gasteiger partial charge in [0.15, 0.2) is 12.6 Å². The van der Waals surface area contributed by atoms with E-state index in [-0.39, 0.29) is 25.6 Å². The van der Waals surface area contributed by atoms with E-state index in [2.05, 4.69) is 38.2 Å². The zero-order chi connectivity index (χ0) is 53.7. The topological polar surface area (TPSA) is 214 Å². The van der Waals surface area contributed by atoms with Gasteiger partial charge in [0.1, 0.15) is 54.9 Å². The zero-order valence-electron chi connectivity index (χ0n) is 46.8. The van der Waals surface area contributed by atoms with Crippen LogP contribution in [-0.2, 0) is 33.2 Å². The fraction of sp³-hybridized carbons (Fsp3) is 0.917. The summed E-state index contributed by atoms with van der Waals surface area (Å²) in [6.07, 6.45) is 38.1. The highest BCUT2D eigenvalue weighted by molar-refractivity contribution is 5.69. The monoisotopic (exact) mass is 1060 g/mol. The van der Waals surface area contributed by atoms with Crippen molar-refractivity contribution < 1.29 is 69.0 Å². The lowest BCUT2D eigenvalue weighted by atomic mass is 9.98. The Kier molecular flexibility index (Phi) is 44.0. The predicted octanol–water partition coefficient (Wildman–Crippen LogP) is 11.1. The van der Waals surface area contributed by atoms with Gasteiger partial charge in [-0.05, 0) is 44.9 Å². The molecule has 2 heterocycles. The second kappa shape index (κ2) is 47.5. The summed E-state index contributed by atoms with van der Waals surface area (Å²) in [6, 6.07) is 0. The van der Waals surface area contributed by atoms with Crippen molar-refractivity contribution in [3.05, 3.63) is 24.3 Å². The van der Waals surface area contributed by atoms with Crippen molar-refractivity contribution in [1.29, 1.82) is 0 Å². The molecule has 0 aromatic rings. The summed E-state index contributed by atoms with van der Waals surface area (Å²) < 4.78 is 34.4. The quantitative estimate of drug-likeness (QED) is 0.0172. The lowest BCUT2D eigenvalue weighted by Gasteiger charge is -2.42. The number of aliphatic hydroxyl groups excluding tert-OH is 7. The smallest absolute Gasteiger partial charge is 0.306 e. The van der Waals surface area contributed by atoms with Gasteiger partial charge in [0.05, 0.1) is 26.4 Å². The Labute approximate surface area is 449 Å². The first-order chi connectivity index (χ1) is 36.1. The number of carbonyl (C=O) groups is 1. The maximum atomic E-state index is 13.1. The Morgan fingerprint density at radius 2 is 0.838 bits per heavy atom. The Morgan fingerprint density at radius 3 is 1.32 bits per heavy atom. The van der Waals surface area contributed by atoms with Crippen LogP contribution >= 0.6 is 0 Å². The summed E-state index contributed by atoms with van der Waals surface area (Å²) in [4.78, 5) is 13.1. The first-order valence-corrected chi connectivity index (χ1v) is 30.4. The van der Waals surface area contributed by atoms with Crippen molar-refractivity contribution in [3.8, 4) is 0 Å². The third kappa shape index (κ3) is 33.7. The highest BCUT2D eigenvalue weighted by Gasteiger charge is 2.47. The molecule has 0 aromatic heterocycles. The maximum absolute atomic E-state index is 13.1. The normalized spacial score (nSPS) is 24.9. The van der Waals surface area contributed by atoms with E-state index in [0.29, 0.717) is 13.0 Å². The number of aliphatic hydroxyl groups is 7. The van der Waals surface area contributed by atoms with Crippen molar-refractivity contribution in [2.24, 2.45) is 0 Å². The molecule has 0 saturated carbocycles. The Morgan fingerprint density at radius 1 is 0.446 bits per heavy atom. The highest BCUT2D eigenvalue weighted by Crippen LogP contribution is 2.27. The van der Waals surface area contributed by atoms with E-state index in [4.69, 9.17) is 28.4 Å². The molecule has 74 heavy (non-hydrogen) atoms. The Hall–Kier alpha value is -1.53. The predicted molar refractivity (Wildman–Crippen MR) is 294 cm³/mol. The van der Waals surface area contributed by atoms with Gasteiger partial charge in [0.2, 0.25) is 0 Å². The van der Waals surface area contributed by atoms with Gasteiger partial charge in [0.25, 0.3) is 0 Å². The van der Waals surface area contributed by atoms with Crippen LogP contribution in [0.1, 0.15) is 251 Å². The highest BCUT2D eigenvalue weighted by atomic mass is 16.7. The average Bonchev–Trinajstić information content (AvgIpc) is 3.40. The largest absolute Gasteiger partial charge is 0.457 e. The fourth-order valence-corrected chi connectivity index (χ4v) is 9.79. The minimum Gasteiger partial charge on any atom is -0.457 e. The van der Waals surface area contributed by atoms with Crippen LogP contribution < -0.4 is 0 Å². The SMILES string of the molecule is CCCCC/C=C\C/C=C\CCCCCCCCCCCCOCC(COC1OC(COC2OC(CO)C(O)C(O)C2O)C(O)C(O)C1O)OC(=O)CCCCCCCCCCCCCCCCCCCCCC. The van der Waals surface area contributed by atoms with Crippen LogP contribution in [0.3, 0.4) is 0 Å². The van der Waals surface area contributed by atoms with E-state index in [0.717, 1.165) is 44.9 Å². The summed E-state index contributed by atoms with van der Waals surface area (Å²) in [6.45, 7) is 3.71. The summed E-state index contributed by atoms with van der Waals surface area (Å²) >= 11 is 0. The number of esters is 1. The molecule has 0 aliphatic carbocycles. The number of rotatable bonds is 50. The summed E-state index contributed by atoms with van der Waals surface area (Å²) in [5.41, 5.74) is 0. The molecule has 11 unspecified atom stereocenters. The van der Waals surface area contributed by atoms with Crippen molar-refractivity contribution >= 4 is 5.97 Å². The molecule has 436 valence electrons. The number of hydrogen-bond acceptors (Lipinski definition) is 14. The number of allylic oxidation sites excluding steroid dienone is 4. The number of hydrogen-bond donors (Lipinski definition) is 7. The Balaban J connectivity index is 1.69. The molecule has 2 fully saturated rings. The number of unbranched alkanes of at least 4 members (excludes halogenated alkanes) is 32. The van der Waals surface area contributed by atoms with Gasteiger partial charge in [-0.3, -0.25) is 4.79 Å². The average molecular weight is 1060 g/mol. The molecular weight excluding hydrogens is 945 g/mol. The third-order valence-electron chi connectivity index (χ3n) is 14.7. The number of carbonyl (C=O) groups excluding carboxylic acids is 1. The maximum Gasteiger partial charge on any atom is 0.306 e. The van der Waals surface area contributed by atoms with Gasteiger partial charge in [-0.25, -0.2) is 0 Å².